The molecule has 0 unspecified atom stereocenters. The number of para-hydroxylation sites is 1. The van der Waals surface area contributed by atoms with Crippen LogP contribution in [0.5, 0.6) is 0 Å². The molecule has 0 radical (unpaired) electrons. The second kappa shape index (κ2) is 2.46. The van der Waals surface area contributed by atoms with Crippen molar-refractivity contribution in [3.05, 3.63) is 36.0 Å². The van der Waals surface area contributed by atoms with E-state index in [0.717, 1.165) is 5.92 Å². The monoisotopic (exact) mass is 197 g/mol. The summed E-state index contributed by atoms with van der Waals surface area (Å²) in [5.41, 5.74) is 3.38. The molecule has 1 heteroatoms. The average molecular weight is 197 g/mol. The molecule has 2 aromatic rings. The van der Waals surface area contributed by atoms with E-state index in [1.807, 2.05) is 0 Å². The smallest absolute Gasteiger partial charge is 0.0456 e. The van der Waals surface area contributed by atoms with Gasteiger partial charge in [-0.3, -0.25) is 0 Å². The van der Waals surface area contributed by atoms with Crippen LogP contribution in [0.15, 0.2) is 30.3 Å². The fraction of sp³-hybridized carbons (Fsp3) is 0.429. The predicted octanol–water partition coefficient (Wildman–Crippen LogP) is 3.61. The van der Waals surface area contributed by atoms with E-state index in [2.05, 4.69) is 35.3 Å². The summed E-state index contributed by atoms with van der Waals surface area (Å²) in [6.07, 6.45) is 5.72. The van der Waals surface area contributed by atoms with Gasteiger partial charge in [0, 0.05) is 16.6 Å². The molecule has 1 aromatic heterocycles. The fourth-order valence-corrected chi connectivity index (χ4v) is 3.01. The number of fused-ring (bicyclic) bond motifs is 1. The van der Waals surface area contributed by atoms with E-state index in [1.54, 1.807) is 0 Å². The van der Waals surface area contributed by atoms with Crippen LogP contribution in [0.3, 0.4) is 0 Å². The second-order valence-electron chi connectivity index (χ2n) is 5.20. The molecule has 15 heavy (non-hydrogen) atoms. The third-order valence-corrected chi connectivity index (χ3v) is 4.21. The van der Waals surface area contributed by atoms with Crippen molar-refractivity contribution in [2.24, 2.45) is 5.92 Å². The van der Waals surface area contributed by atoms with Gasteiger partial charge in [0.15, 0.2) is 0 Å². The van der Waals surface area contributed by atoms with Crippen molar-refractivity contribution in [1.29, 1.82) is 0 Å². The fourth-order valence-electron chi connectivity index (χ4n) is 3.01. The number of aromatic amines is 1. The average Bonchev–Trinajstić information content (AvgIpc) is 3.11. The molecule has 0 atom stereocenters. The van der Waals surface area contributed by atoms with Crippen molar-refractivity contribution < 1.29 is 0 Å². The Morgan fingerprint density at radius 2 is 1.93 bits per heavy atom. The van der Waals surface area contributed by atoms with Gasteiger partial charge in [0.2, 0.25) is 0 Å². The van der Waals surface area contributed by atoms with Crippen LogP contribution in [-0.2, 0) is 5.41 Å². The van der Waals surface area contributed by atoms with Crippen LogP contribution in [-0.4, -0.2) is 4.98 Å². The Kier molecular flexibility index (Phi) is 1.31. The van der Waals surface area contributed by atoms with E-state index in [1.165, 1.54) is 42.3 Å². The van der Waals surface area contributed by atoms with Gasteiger partial charge in [0.25, 0.3) is 0 Å². The maximum absolute atomic E-state index is 3.62. The van der Waals surface area contributed by atoms with Crippen molar-refractivity contribution in [2.45, 2.75) is 31.1 Å². The first-order valence-corrected chi connectivity index (χ1v) is 5.97. The summed E-state index contributed by atoms with van der Waals surface area (Å²) in [7, 11) is 0. The van der Waals surface area contributed by atoms with Gasteiger partial charge in [-0.15, -0.1) is 0 Å². The Morgan fingerprint density at radius 3 is 2.60 bits per heavy atom. The molecule has 2 aliphatic rings. The molecule has 1 nitrogen and oxygen atoms in total. The van der Waals surface area contributed by atoms with E-state index < -0.39 is 0 Å². The first-order chi connectivity index (χ1) is 7.38. The van der Waals surface area contributed by atoms with Crippen molar-refractivity contribution >= 4 is 10.9 Å². The Hall–Kier alpha value is -1.24. The molecule has 0 amide bonds. The van der Waals surface area contributed by atoms with E-state index in [-0.39, 0.29) is 0 Å². The molecule has 0 saturated heterocycles. The first-order valence-electron chi connectivity index (χ1n) is 5.97. The zero-order valence-electron chi connectivity index (χ0n) is 8.79. The van der Waals surface area contributed by atoms with Crippen LogP contribution >= 0.6 is 0 Å². The van der Waals surface area contributed by atoms with Crippen molar-refractivity contribution in [2.75, 3.05) is 0 Å². The predicted molar refractivity (Wildman–Crippen MR) is 61.9 cm³/mol. The Bertz CT molecular complexity index is 482. The number of H-pyrrole nitrogens is 1. The van der Waals surface area contributed by atoms with E-state index in [0.29, 0.717) is 5.41 Å². The number of aromatic nitrogens is 1. The minimum Gasteiger partial charge on any atom is -0.358 e. The molecule has 1 heterocycles. The number of nitrogens with one attached hydrogen (secondary N) is 1. The zero-order chi connectivity index (χ0) is 9.88. The minimum atomic E-state index is 0.568. The number of benzene rings is 1. The molecular weight excluding hydrogens is 182 g/mol. The molecule has 2 saturated carbocycles. The third kappa shape index (κ3) is 1.04. The lowest BCUT2D eigenvalue weighted by Crippen LogP contribution is -2.09. The van der Waals surface area contributed by atoms with Gasteiger partial charge in [-0.1, -0.05) is 18.2 Å². The molecule has 0 spiro atoms. The van der Waals surface area contributed by atoms with Crippen LogP contribution < -0.4 is 0 Å². The Labute approximate surface area is 89.5 Å². The number of rotatable bonds is 2. The van der Waals surface area contributed by atoms with Gasteiger partial charge in [0.05, 0.1) is 0 Å². The third-order valence-electron chi connectivity index (χ3n) is 4.21. The topological polar surface area (TPSA) is 15.8 Å². The largest absolute Gasteiger partial charge is 0.358 e. The molecule has 1 aromatic carbocycles. The van der Waals surface area contributed by atoms with Crippen LogP contribution in [0, 0.1) is 5.92 Å². The maximum atomic E-state index is 3.62. The summed E-state index contributed by atoms with van der Waals surface area (Å²) < 4.78 is 0. The van der Waals surface area contributed by atoms with Crippen LogP contribution in [0.1, 0.15) is 31.4 Å². The van der Waals surface area contributed by atoms with E-state index in [4.69, 9.17) is 0 Å². The molecule has 0 bridgehead atoms. The van der Waals surface area contributed by atoms with Gasteiger partial charge in [-0.2, -0.15) is 0 Å². The van der Waals surface area contributed by atoms with Gasteiger partial charge in [-0.05, 0) is 49.1 Å². The summed E-state index contributed by atoms with van der Waals surface area (Å²) in [6.45, 7) is 0. The highest BCUT2D eigenvalue weighted by molar-refractivity contribution is 5.80. The van der Waals surface area contributed by atoms with Crippen LogP contribution in [0.2, 0.25) is 0 Å². The lowest BCUT2D eigenvalue weighted by Gasteiger charge is -2.10. The molecule has 2 aliphatic carbocycles. The maximum Gasteiger partial charge on any atom is 0.0456 e. The summed E-state index contributed by atoms with van der Waals surface area (Å²) in [6, 6.07) is 11.0. The highest BCUT2D eigenvalue weighted by Gasteiger charge is 2.55. The van der Waals surface area contributed by atoms with E-state index in [9.17, 15) is 0 Å². The van der Waals surface area contributed by atoms with Crippen molar-refractivity contribution in [3.63, 3.8) is 0 Å². The highest BCUT2D eigenvalue weighted by Crippen LogP contribution is 2.62. The lowest BCUT2D eigenvalue weighted by molar-refractivity contribution is 0.583. The van der Waals surface area contributed by atoms with Crippen molar-refractivity contribution in [3.8, 4) is 0 Å². The Balaban J connectivity index is 1.87. The minimum absolute atomic E-state index is 0.568. The van der Waals surface area contributed by atoms with Gasteiger partial charge >= 0.3 is 0 Å². The number of hydrogen-bond acceptors (Lipinski definition) is 0. The summed E-state index contributed by atoms with van der Waals surface area (Å²) in [5, 5.41) is 1.37. The SMILES string of the molecule is c1ccc2[nH]c(C3(C4CC4)CC3)cc2c1. The van der Waals surface area contributed by atoms with E-state index >= 15 is 0 Å². The van der Waals surface area contributed by atoms with Crippen LogP contribution in [0.25, 0.3) is 10.9 Å². The highest BCUT2D eigenvalue weighted by atomic mass is 14.8. The van der Waals surface area contributed by atoms with Crippen LogP contribution in [0.4, 0.5) is 0 Å². The van der Waals surface area contributed by atoms with Crippen molar-refractivity contribution in [1.82, 2.24) is 4.98 Å². The molecule has 2 fully saturated rings. The lowest BCUT2D eigenvalue weighted by atomic mass is 9.96. The van der Waals surface area contributed by atoms with Gasteiger partial charge in [0.1, 0.15) is 0 Å². The summed E-state index contributed by atoms with van der Waals surface area (Å²) >= 11 is 0. The normalized spacial score (nSPS) is 23.2. The second-order valence-corrected chi connectivity index (χ2v) is 5.20. The molecule has 1 N–H and O–H groups in total. The summed E-state index contributed by atoms with van der Waals surface area (Å²) in [5.74, 6) is 0.991. The zero-order valence-corrected chi connectivity index (χ0v) is 8.79. The quantitative estimate of drug-likeness (QED) is 0.757. The summed E-state index contributed by atoms with van der Waals surface area (Å²) in [4.78, 5) is 3.62. The molecule has 0 aliphatic heterocycles. The first kappa shape index (κ1) is 7.98. The molecule has 4 rings (SSSR count). The van der Waals surface area contributed by atoms with Gasteiger partial charge in [-0.25, -0.2) is 0 Å². The van der Waals surface area contributed by atoms with Gasteiger partial charge < -0.3 is 4.98 Å². The molecular formula is C14H15N. The standard InChI is InChI=1S/C14H15N/c1-2-4-12-10(3-1)9-13(15-12)14(7-8-14)11-5-6-11/h1-4,9,11,15H,5-8H2. The molecule has 76 valence electrons. The Morgan fingerprint density at radius 1 is 1.13 bits per heavy atom. The number of hydrogen-bond donors (Lipinski definition) is 1.